The lowest BCUT2D eigenvalue weighted by Gasteiger charge is -2.12. The molecule has 3 nitrogen and oxygen atoms in total. The molecule has 1 rings (SSSR count). The Labute approximate surface area is 87.1 Å². The standard InChI is InChI=1S/C9H10FNO2.ClH/c10-7-3-1-2-6(4-7)8(11)5-9(12)13;/h1-4,8H,5,11H2,(H,12,13);1H/p-1. The van der Waals surface area contributed by atoms with Crippen LogP contribution in [0.15, 0.2) is 24.3 Å². The van der Waals surface area contributed by atoms with Crippen molar-refractivity contribution in [3.05, 3.63) is 35.6 Å². The summed E-state index contributed by atoms with van der Waals surface area (Å²) in [7, 11) is 0. The molecular weight excluding hydrogens is 209 g/mol. The van der Waals surface area contributed by atoms with E-state index >= 15 is 0 Å². The van der Waals surface area contributed by atoms with Crippen LogP contribution in [0.4, 0.5) is 4.39 Å². The molecule has 1 atom stereocenters. The third-order valence-corrected chi connectivity index (χ3v) is 1.66. The van der Waals surface area contributed by atoms with Gasteiger partial charge in [0.25, 0.3) is 0 Å². The number of aliphatic carboxylic acids is 1. The molecule has 0 heterocycles. The van der Waals surface area contributed by atoms with E-state index in [0.717, 1.165) is 0 Å². The Morgan fingerprint density at radius 1 is 1.57 bits per heavy atom. The molecule has 0 saturated heterocycles. The van der Waals surface area contributed by atoms with Gasteiger partial charge in [-0.2, -0.15) is 0 Å². The van der Waals surface area contributed by atoms with Crippen LogP contribution >= 0.6 is 12.4 Å². The molecular formula is C9H10ClFNO2-. The number of rotatable bonds is 3. The number of benzene rings is 1. The smallest absolute Gasteiger partial charge is 0.123 e. The van der Waals surface area contributed by atoms with Gasteiger partial charge < -0.3 is 15.6 Å². The fraction of sp³-hybridized carbons (Fsp3) is 0.222. The SMILES string of the molecule is Cl.NC(CC(=O)[O-])c1cccc(F)c1. The number of hydrogen-bond donors (Lipinski definition) is 1. The van der Waals surface area contributed by atoms with E-state index in [1.807, 2.05) is 0 Å². The lowest BCUT2D eigenvalue weighted by molar-refractivity contribution is -0.306. The highest BCUT2D eigenvalue weighted by Crippen LogP contribution is 2.14. The van der Waals surface area contributed by atoms with Crippen LogP contribution in [0, 0.1) is 5.82 Å². The predicted molar refractivity (Wildman–Crippen MR) is 50.2 cm³/mol. The molecule has 0 fully saturated rings. The van der Waals surface area contributed by atoms with Gasteiger partial charge in [-0.3, -0.25) is 0 Å². The second kappa shape index (κ2) is 5.57. The highest BCUT2D eigenvalue weighted by atomic mass is 35.5. The number of carboxylic acids is 1. The first-order valence-corrected chi connectivity index (χ1v) is 3.80. The Morgan fingerprint density at radius 2 is 2.21 bits per heavy atom. The molecule has 0 aromatic heterocycles. The van der Waals surface area contributed by atoms with Crippen molar-refractivity contribution in [3.8, 4) is 0 Å². The average molecular weight is 219 g/mol. The Morgan fingerprint density at radius 3 is 2.71 bits per heavy atom. The van der Waals surface area contributed by atoms with Gasteiger partial charge in [0.15, 0.2) is 0 Å². The molecule has 14 heavy (non-hydrogen) atoms. The Kier molecular flexibility index (Phi) is 5.12. The maximum Gasteiger partial charge on any atom is 0.123 e. The molecule has 0 aliphatic heterocycles. The predicted octanol–water partition coefficient (Wildman–Crippen LogP) is 0.387. The van der Waals surface area contributed by atoms with E-state index in [4.69, 9.17) is 5.73 Å². The van der Waals surface area contributed by atoms with Gasteiger partial charge in [-0.05, 0) is 17.7 Å². The van der Waals surface area contributed by atoms with Crippen LogP contribution in [-0.2, 0) is 4.79 Å². The molecule has 2 N–H and O–H groups in total. The van der Waals surface area contributed by atoms with Gasteiger partial charge in [-0.1, -0.05) is 12.1 Å². The lowest BCUT2D eigenvalue weighted by atomic mass is 10.1. The van der Waals surface area contributed by atoms with Gasteiger partial charge in [-0.25, -0.2) is 4.39 Å². The van der Waals surface area contributed by atoms with E-state index in [2.05, 4.69) is 0 Å². The Hall–Kier alpha value is -1.13. The molecule has 1 unspecified atom stereocenters. The van der Waals surface area contributed by atoms with Gasteiger partial charge in [-0.15, -0.1) is 12.4 Å². The van der Waals surface area contributed by atoms with Crippen molar-refractivity contribution in [1.82, 2.24) is 0 Å². The second-order valence-electron chi connectivity index (χ2n) is 2.74. The zero-order valence-electron chi connectivity index (χ0n) is 7.27. The molecule has 0 spiro atoms. The van der Waals surface area contributed by atoms with Crippen LogP contribution in [-0.4, -0.2) is 5.97 Å². The van der Waals surface area contributed by atoms with Crippen LogP contribution in [0.2, 0.25) is 0 Å². The fourth-order valence-corrected chi connectivity index (χ4v) is 1.03. The number of hydrogen-bond acceptors (Lipinski definition) is 3. The van der Waals surface area contributed by atoms with Gasteiger partial charge >= 0.3 is 0 Å². The van der Waals surface area contributed by atoms with E-state index < -0.39 is 17.8 Å². The van der Waals surface area contributed by atoms with Crippen LogP contribution in [0.3, 0.4) is 0 Å². The second-order valence-corrected chi connectivity index (χ2v) is 2.74. The molecule has 5 heteroatoms. The summed E-state index contributed by atoms with van der Waals surface area (Å²) in [5, 5.41) is 10.2. The molecule has 0 aliphatic rings. The first-order valence-electron chi connectivity index (χ1n) is 3.80. The minimum atomic E-state index is -1.24. The summed E-state index contributed by atoms with van der Waals surface area (Å²) in [6, 6.07) is 4.85. The first kappa shape index (κ1) is 12.9. The minimum absolute atomic E-state index is 0. The zero-order valence-corrected chi connectivity index (χ0v) is 8.09. The summed E-state index contributed by atoms with van der Waals surface area (Å²) >= 11 is 0. The molecule has 1 aromatic rings. The lowest BCUT2D eigenvalue weighted by Crippen LogP contribution is -2.27. The van der Waals surface area contributed by atoms with Gasteiger partial charge in [0.2, 0.25) is 0 Å². The van der Waals surface area contributed by atoms with Crippen molar-refractivity contribution in [2.45, 2.75) is 12.5 Å². The summed E-state index contributed by atoms with van der Waals surface area (Å²) in [5.74, 6) is -1.66. The summed E-state index contributed by atoms with van der Waals surface area (Å²) in [6.07, 6.45) is -0.302. The van der Waals surface area contributed by atoms with Crippen LogP contribution < -0.4 is 10.8 Å². The number of carbonyl (C=O) groups excluding carboxylic acids is 1. The first-order chi connectivity index (χ1) is 6.09. The summed E-state index contributed by atoms with van der Waals surface area (Å²) in [6.45, 7) is 0. The van der Waals surface area contributed by atoms with Crippen molar-refractivity contribution in [2.24, 2.45) is 5.73 Å². The van der Waals surface area contributed by atoms with E-state index in [9.17, 15) is 14.3 Å². The molecule has 0 aliphatic carbocycles. The molecule has 1 aromatic carbocycles. The maximum atomic E-state index is 12.6. The number of halogens is 2. The molecule has 78 valence electrons. The number of carboxylic acid groups (broad SMARTS) is 1. The van der Waals surface area contributed by atoms with Crippen LogP contribution in [0.25, 0.3) is 0 Å². The molecule has 0 radical (unpaired) electrons. The average Bonchev–Trinajstić information content (AvgIpc) is 2.03. The molecule has 0 amide bonds. The van der Waals surface area contributed by atoms with Gasteiger partial charge in [0.05, 0.1) is 0 Å². The third kappa shape index (κ3) is 3.72. The van der Waals surface area contributed by atoms with E-state index in [1.165, 1.54) is 18.2 Å². The number of nitrogens with two attached hydrogens (primary N) is 1. The largest absolute Gasteiger partial charge is 0.550 e. The van der Waals surface area contributed by atoms with Crippen LogP contribution in [0.5, 0.6) is 0 Å². The number of carbonyl (C=O) groups is 1. The Bertz CT molecular complexity index is 319. The normalized spacial score (nSPS) is 11.6. The maximum absolute atomic E-state index is 12.6. The zero-order chi connectivity index (χ0) is 9.84. The van der Waals surface area contributed by atoms with E-state index in [0.29, 0.717) is 5.56 Å². The van der Waals surface area contributed by atoms with Crippen molar-refractivity contribution in [2.75, 3.05) is 0 Å². The summed E-state index contributed by atoms with van der Waals surface area (Å²) in [4.78, 5) is 10.2. The van der Waals surface area contributed by atoms with Crippen molar-refractivity contribution < 1.29 is 14.3 Å². The highest BCUT2D eigenvalue weighted by Gasteiger charge is 2.06. The van der Waals surface area contributed by atoms with Crippen molar-refractivity contribution in [1.29, 1.82) is 0 Å². The summed E-state index contributed by atoms with van der Waals surface area (Å²) < 4.78 is 12.6. The van der Waals surface area contributed by atoms with Crippen molar-refractivity contribution in [3.63, 3.8) is 0 Å². The topological polar surface area (TPSA) is 66.2 Å². The highest BCUT2D eigenvalue weighted by molar-refractivity contribution is 5.85. The van der Waals surface area contributed by atoms with Gasteiger partial charge in [0.1, 0.15) is 5.82 Å². The summed E-state index contributed by atoms with van der Waals surface area (Å²) in [5.41, 5.74) is 5.94. The van der Waals surface area contributed by atoms with Crippen LogP contribution in [0.1, 0.15) is 18.0 Å². The third-order valence-electron chi connectivity index (χ3n) is 1.66. The molecule has 0 saturated carbocycles. The van der Waals surface area contributed by atoms with E-state index in [1.54, 1.807) is 6.07 Å². The van der Waals surface area contributed by atoms with E-state index in [-0.39, 0.29) is 18.8 Å². The van der Waals surface area contributed by atoms with Crippen molar-refractivity contribution >= 4 is 18.4 Å². The fourth-order valence-electron chi connectivity index (χ4n) is 1.03. The van der Waals surface area contributed by atoms with Gasteiger partial charge in [0, 0.05) is 18.4 Å². The minimum Gasteiger partial charge on any atom is -0.550 e. The monoisotopic (exact) mass is 218 g/mol. The quantitative estimate of drug-likeness (QED) is 0.798. The molecule has 0 bridgehead atoms. The Balaban J connectivity index is 0.00000169.